The standard InChI is InChI=1S/C18H21N5O2/c1-13(24)23-9-7-22(8-10-23)12-17(25)14(11-19)18-20-15-5-3-4-6-16(15)21(18)2/h3-6,25H,7-10,12H2,1-2H3/b17-14-. The molecule has 1 fully saturated rings. The Kier molecular flexibility index (Phi) is 4.72. The van der Waals surface area contributed by atoms with Crippen molar-refractivity contribution in [2.75, 3.05) is 32.7 Å². The number of nitrogens with zero attached hydrogens (tertiary/aromatic N) is 5. The second-order valence-corrected chi connectivity index (χ2v) is 6.20. The second kappa shape index (κ2) is 6.95. The second-order valence-electron chi connectivity index (χ2n) is 6.20. The summed E-state index contributed by atoms with van der Waals surface area (Å²) < 4.78 is 1.82. The number of allylic oxidation sites excluding steroid dienone is 1. The van der Waals surface area contributed by atoms with Gasteiger partial charge in [-0.1, -0.05) is 12.1 Å². The van der Waals surface area contributed by atoms with Crippen LogP contribution >= 0.6 is 0 Å². The molecule has 1 aromatic heterocycles. The van der Waals surface area contributed by atoms with Gasteiger partial charge >= 0.3 is 0 Å². The number of carbonyl (C=O) groups excluding carboxylic acids is 1. The molecule has 3 rings (SSSR count). The molecule has 0 spiro atoms. The molecule has 7 nitrogen and oxygen atoms in total. The highest BCUT2D eigenvalue weighted by molar-refractivity contribution is 5.83. The molecule has 1 saturated heterocycles. The highest BCUT2D eigenvalue weighted by Gasteiger charge is 2.22. The van der Waals surface area contributed by atoms with Crippen molar-refractivity contribution in [1.82, 2.24) is 19.4 Å². The van der Waals surface area contributed by atoms with Crippen LogP contribution in [0.15, 0.2) is 30.0 Å². The number of aromatic nitrogens is 2. The maximum Gasteiger partial charge on any atom is 0.219 e. The van der Waals surface area contributed by atoms with E-state index in [1.165, 1.54) is 0 Å². The van der Waals surface area contributed by atoms with E-state index in [0.717, 1.165) is 11.0 Å². The minimum Gasteiger partial charge on any atom is -0.509 e. The summed E-state index contributed by atoms with van der Waals surface area (Å²) in [6, 6.07) is 9.71. The molecule has 0 unspecified atom stereocenters. The van der Waals surface area contributed by atoms with Crippen LogP contribution in [0.1, 0.15) is 12.7 Å². The Balaban J connectivity index is 1.82. The maximum atomic E-state index is 11.4. The van der Waals surface area contributed by atoms with Gasteiger partial charge in [-0.05, 0) is 12.1 Å². The Labute approximate surface area is 146 Å². The number of hydrogen-bond donors (Lipinski definition) is 1. The van der Waals surface area contributed by atoms with Crippen LogP contribution in [0.5, 0.6) is 0 Å². The van der Waals surface area contributed by atoms with Gasteiger partial charge in [-0.15, -0.1) is 0 Å². The monoisotopic (exact) mass is 339 g/mol. The predicted octanol–water partition coefficient (Wildman–Crippen LogP) is 1.53. The fourth-order valence-corrected chi connectivity index (χ4v) is 3.12. The van der Waals surface area contributed by atoms with Crippen molar-refractivity contribution in [2.45, 2.75) is 6.92 Å². The third-order valence-corrected chi connectivity index (χ3v) is 4.60. The summed E-state index contributed by atoms with van der Waals surface area (Å²) in [5, 5.41) is 20.1. The van der Waals surface area contributed by atoms with E-state index in [1.807, 2.05) is 40.8 Å². The zero-order chi connectivity index (χ0) is 18.0. The van der Waals surface area contributed by atoms with Crippen molar-refractivity contribution in [3.8, 4) is 6.07 Å². The normalized spacial score (nSPS) is 16.6. The van der Waals surface area contributed by atoms with Crippen molar-refractivity contribution in [2.24, 2.45) is 7.05 Å². The number of aliphatic hydroxyl groups is 1. The van der Waals surface area contributed by atoms with Crippen molar-refractivity contribution in [3.05, 3.63) is 35.8 Å². The number of hydrogen-bond acceptors (Lipinski definition) is 5. The Morgan fingerprint density at radius 1 is 1.28 bits per heavy atom. The van der Waals surface area contributed by atoms with Crippen LogP contribution in [-0.2, 0) is 11.8 Å². The first-order chi connectivity index (χ1) is 12.0. The number of imidazole rings is 1. The zero-order valence-corrected chi connectivity index (χ0v) is 14.4. The van der Waals surface area contributed by atoms with Gasteiger partial charge < -0.3 is 14.6 Å². The van der Waals surface area contributed by atoms with Crippen LogP contribution in [0.4, 0.5) is 0 Å². The molecule has 0 aliphatic carbocycles. The van der Waals surface area contributed by atoms with Crippen molar-refractivity contribution < 1.29 is 9.90 Å². The predicted molar refractivity (Wildman–Crippen MR) is 94.6 cm³/mol. The molecule has 25 heavy (non-hydrogen) atoms. The Morgan fingerprint density at radius 2 is 1.96 bits per heavy atom. The fraction of sp³-hybridized carbons (Fsp3) is 0.389. The van der Waals surface area contributed by atoms with E-state index in [1.54, 1.807) is 11.8 Å². The van der Waals surface area contributed by atoms with Gasteiger partial charge in [0.25, 0.3) is 0 Å². The number of aliphatic hydroxyl groups excluding tert-OH is 1. The lowest BCUT2D eigenvalue weighted by atomic mass is 10.2. The number of amides is 1. The number of carbonyl (C=O) groups is 1. The molecule has 2 aromatic rings. The molecular weight excluding hydrogens is 318 g/mol. The topological polar surface area (TPSA) is 85.4 Å². The molecule has 0 radical (unpaired) electrons. The van der Waals surface area contributed by atoms with Crippen molar-refractivity contribution in [1.29, 1.82) is 5.26 Å². The number of para-hydroxylation sites is 2. The van der Waals surface area contributed by atoms with E-state index in [4.69, 9.17) is 0 Å². The SMILES string of the molecule is CC(=O)N1CCN(C/C(O)=C(\C#N)c2nc3ccccc3n2C)CC1. The van der Waals surface area contributed by atoms with Gasteiger partial charge in [-0.25, -0.2) is 4.98 Å². The van der Waals surface area contributed by atoms with Crippen LogP contribution < -0.4 is 0 Å². The summed E-state index contributed by atoms with van der Waals surface area (Å²) in [4.78, 5) is 19.7. The highest BCUT2D eigenvalue weighted by Crippen LogP contribution is 2.22. The summed E-state index contributed by atoms with van der Waals surface area (Å²) in [5.41, 5.74) is 1.89. The quantitative estimate of drug-likeness (QED) is 0.677. The molecule has 7 heteroatoms. The van der Waals surface area contributed by atoms with E-state index in [0.29, 0.717) is 32.0 Å². The summed E-state index contributed by atoms with van der Waals surface area (Å²) >= 11 is 0. The number of fused-ring (bicyclic) bond motifs is 1. The molecule has 1 aliphatic rings. The summed E-state index contributed by atoms with van der Waals surface area (Å²) in [7, 11) is 1.83. The first kappa shape index (κ1) is 17.0. The van der Waals surface area contributed by atoms with Crippen LogP contribution in [0.3, 0.4) is 0 Å². The van der Waals surface area contributed by atoms with E-state index in [9.17, 15) is 15.2 Å². The third kappa shape index (κ3) is 3.35. The Bertz CT molecular complexity index is 869. The highest BCUT2D eigenvalue weighted by atomic mass is 16.3. The molecule has 1 amide bonds. The Hall–Kier alpha value is -2.85. The largest absolute Gasteiger partial charge is 0.509 e. The van der Waals surface area contributed by atoms with Gasteiger partial charge in [-0.2, -0.15) is 5.26 Å². The lowest BCUT2D eigenvalue weighted by molar-refractivity contribution is -0.130. The molecule has 1 N–H and O–H groups in total. The number of benzene rings is 1. The molecule has 1 aromatic carbocycles. The van der Waals surface area contributed by atoms with Crippen LogP contribution in [-0.4, -0.2) is 63.1 Å². The number of aryl methyl sites for hydroxylation is 1. The summed E-state index contributed by atoms with van der Waals surface area (Å²) in [6.07, 6.45) is 0. The number of piperazine rings is 1. The van der Waals surface area contributed by atoms with Crippen LogP contribution in [0.25, 0.3) is 16.6 Å². The molecule has 130 valence electrons. The minimum atomic E-state index is 0.0113. The molecule has 0 bridgehead atoms. The van der Waals surface area contributed by atoms with Gasteiger partial charge in [0, 0.05) is 40.2 Å². The third-order valence-electron chi connectivity index (χ3n) is 4.60. The first-order valence-corrected chi connectivity index (χ1v) is 8.23. The van der Waals surface area contributed by atoms with Gasteiger partial charge in [-0.3, -0.25) is 9.69 Å². The summed E-state index contributed by atoms with van der Waals surface area (Å²) in [5.74, 6) is 0.539. The van der Waals surface area contributed by atoms with E-state index in [2.05, 4.69) is 11.1 Å². The molecule has 0 atom stereocenters. The number of nitriles is 1. The lowest BCUT2D eigenvalue weighted by Crippen LogP contribution is -2.48. The maximum absolute atomic E-state index is 11.4. The summed E-state index contributed by atoms with van der Waals surface area (Å²) in [6.45, 7) is 4.45. The smallest absolute Gasteiger partial charge is 0.219 e. The van der Waals surface area contributed by atoms with Crippen LogP contribution in [0, 0.1) is 11.3 Å². The van der Waals surface area contributed by atoms with Crippen molar-refractivity contribution >= 4 is 22.5 Å². The Morgan fingerprint density at radius 3 is 2.56 bits per heavy atom. The average molecular weight is 339 g/mol. The first-order valence-electron chi connectivity index (χ1n) is 8.23. The molecule has 1 aliphatic heterocycles. The number of rotatable bonds is 3. The van der Waals surface area contributed by atoms with Gasteiger partial charge in [0.05, 0.1) is 17.6 Å². The minimum absolute atomic E-state index is 0.0113. The fourth-order valence-electron chi connectivity index (χ4n) is 3.12. The van der Waals surface area contributed by atoms with Crippen molar-refractivity contribution in [3.63, 3.8) is 0 Å². The average Bonchev–Trinajstić information content (AvgIpc) is 2.93. The molecule has 2 heterocycles. The van der Waals surface area contributed by atoms with E-state index >= 15 is 0 Å². The van der Waals surface area contributed by atoms with E-state index in [-0.39, 0.29) is 23.8 Å². The van der Waals surface area contributed by atoms with Gasteiger partial charge in [0.1, 0.15) is 17.4 Å². The lowest BCUT2D eigenvalue weighted by Gasteiger charge is -2.33. The van der Waals surface area contributed by atoms with E-state index < -0.39 is 0 Å². The van der Waals surface area contributed by atoms with Gasteiger partial charge in [0.15, 0.2) is 5.82 Å². The van der Waals surface area contributed by atoms with Gasteiger partial charge in [0.2, 0.25) is 5.91 Å². The van der Waals surface area contributed by atoms with Crippen LogP contribution in [0.2, 0.25) is 0 Å². The zero-order valence-electron chi connectivity index (χ0n) is 14.4. The molecule has 0 saturated carbocycles. The molecular formula is C18H21N5O2.